The summed E-state index contributed by atoms with van der Waals surface area (Å²) >= 11 is 0. The van der Waals surface area contributed by atoms with Crippen molar-refractivity contribution in [1.29, 1.82) is 0 Å². The third-order valence-corrected chi connectivity index (χ3v) is 10.1. The van der Waals surface area contributed by atoms with Crippen molar-refractivity contribution in [1.82, 2.24) is 0 Å². The Bertz CT molecular complexity index is 1080. The van der Waals surface area contributed by atoms with Crippen LogP contribution in [0.5, 0.6) is 0 Å². The Labute approximate surface area is 337 Å². The number of unbranched alkanes of at least 4 members (excludes halogenated alkanes) is 17. The number of ether oxygens (including phenoxy) is 2. The molecule has 9 nitrogen and oxygen atoms in total. The van der Waals surface area contributed by atoms with E-state index in [0.717, 1.165) is 70.6 Å². The van der Waals surface area contributed by atoms with Crippen LogP contribution in [0.3, 0.4) is 0 Å². The van der Waals surface area contributed by atoms with Gasteiger partial charge in [-0.3, -0.25) is 18.6 Å². The smallest absolute Gasteiger partial charge is 0.462 e. The Balaban J connectivity index is 4.41. The molecular formula is C45H83NO8P+. The summed E-state index contributed by atoms with van der Waals surface area (Å²) in [7, 11) is 1.46. The number of quaternary nitrogens is 1. The Hall–Kier alpha value is -2.03. The fourth-order valence-electron chi connectivity index (χ4n) is 5.71. The minimum Gasteiger partial charge on any atom is -0.462 e. The summed E-state index contributed by atoms with van der Waals surface area (Å²) in [6.07, 6.45) is 43.0. The van der Waals surface area contributed by atoms with E-state index in [4.69, 9.17) is 18.5 Å². The molecule has 2 unspecified atom stereocenters. The molecule has 0 aliphatic heterocycles. The second-order valence-corrected chi connectivity index (χ2v) is 17.2. The number of carbonyl (C=O) groups is 2. The maximum absolute atomic E-state index is 12.7. The number of rotatable bonds is 39. The topological polar surface area (TPSA) is 108 Å². The lowest BCUT2D eigenvalue weighted by atomic mass is 10.0. The SMILES string of the molecule is CC/C=C\C/C=C\C/C=C\C/C=C\CCCCCCC(=O)OC(COC(=O)CCCCCCCCCCCCCCCC)COP(=O)(O)OCC[N+](C)(C)C. The van der Waals surface area contributed by atoms with Crippen molar-refractivity contribution in [2.45, 2.75) is 180 Å². The highest BCUT2D eigenvalue weighted by Crippen LogP contribution is 2.43. The van der Waals surface area contributed by atoms with Crippen molar-refractivity contribution < 1.29 is 42.1 Å². The maximum Gasteiger partial charge on any atom is 0.472 e. The summed E-state index contributed by atoms with van der Waals surface area (Å²) in [6.45, 7) is 4.28. The van der Waals surface area contributed by atoms with E-state index in [-0.39, 0.29) is 32.0 Å². The Morgan fingerprint density at radius 3 is 1.55 bits per heavy atom. The van der Waals surface area contributed by atoms with Crippen molar-refractivity contribution in [3.8, 4) is 0 Å². The van der Waals surface area contributed by atoms with E-state index in [0.29, 0.717) is 17.4 Å². The van der Waals surface area contributed by atoms with Crippen LogP contribution in [0.2, 0.25) is 0 Å². The van der Waals surface area contributed by atoms with Gasteiger partial charge in [0.1, 0.15) is 19.8 Å². The van der Waals surface area contributed by atoms with E-state index in [1.807, 2.05) is 21.1 Å². The van der Waals surface area contributed by atoms with E-state index in [1.54, 1.807) is 0 Å². The van der Waals surface area contributed by atoms with Gasteiger partial charge in [0.15, 0.2) is 6.10 Å². The van der Waals surface area contributed by atoms with Crippen molar-refractivity contribution in [2.24, 2.45) is 0 Å². The highest BCUT2D eigenvalue weighted by molar-refractivity contribution is 7.47. The Morgan fingerprint density at radius 2 is 1.04 bits per heavy atom. The lowest BCUT2D eigenvalue weighted by molar-refractivity contribution is -0.870. The van der Waals surface area contributed by atoms with Crippen LogP contribution in [0.1, 0.15) is 174 Å². The molecular weight excluding hydrogens is 713 g/mol. The molecule has 0 amide bonds. The van der Waals surface area contributed by atoms with Crippen molar-refractivity contribution >= 4 is 19.8 Å². The number of phosphoric acid groups is 1. The predicted molar refractivity (Wildman–Crippen MR) is 229 cm³/mol. The van der Waals surface area contributed by atoms with Gasteiger partial charge >= 0.3 is 19.8 Å². The molecule has 55 heavy (non-hydrogen) atoms. The van der Waals surface area contributed by atoms with E-state index >= 15 is 0 Å². The van der Waals surface area contributed by atoms with Crippen LogP contribution in [0.25, 0.3) is 0 Å². The number of esters is 2. The number of likely N-dealkylation sites (N-methyl/N-ethyl adjacent to an activating group) is 1. The number of nitrogens with zero attached hydrogens (tertiary/aromatic N) is 1. The van der Waals surface area contributed by atoms with Crippen LogP contribution in [0.15, 0.2) is 48.6 Å². The molecule has 0 aliphatic carbocycles. The molecule has 0 aliphatic rings. The van der Waals surface area contributed by atoms with Gasteiger partial charge in [0.25, 0.3) is 0 Å². The molecule has 0 radical (unpaired) electrons. The number of hydrogen-bond donors (Lipinski definition) is 1. The van der Waals surface area contributed by atoms with Gasteiger partial charge in [-0.05, 0) is 51.4 Å². The quantitative estimate of drug-likeness (QED) is 0.0215. The Morgan fingerprint density at radius 1 is 0.582 bits per heavy atom. The molecule has 2 atom stereocenters. The Kier molecular flexibility index (Phi) is 36.2. The van der Waals surface area contributed by atoms with E-state index in [9.17, 15) is 19.0 Å². The zero-order chi connectivity index (χ0) is 40.7. The second kappa shape index (κ2) is 37.5. The van der Waals surface area contributed by atoms with Gasteiger partial charge in [0.2, 0.25) is 0 Å². The summed E-state index contributed by atoms with van der Waals surface area (Å²) in [5.74, 6) is -0.825. The monoisotopic (exact) mass is 797 g/mol. The molecule has 0 spiro atoms. The lowest BCUT2D eigenvalue weighted by Crippen LogP contribution is -2.37. The zero-order valence-corrected chi connectivity index (χ0v) is 36.8. The average molecular weight is 797 g/mol. The largest absolute Gasteiger partial charge is 0.472 e. The summed E-state index contributed by atoms with van der Waals surface area (Å²) in [6, 6.07) is 0. The highest BCUT2D eigenvalue weighted by Gasteiger charge is 2.27. The summed E-state index contributed by atoms with van der Waals surface area (Å²) < 4.78 is 34.3. The minimum absolute atomic E-state index is 0.0260. The highest BCUT2D eigenvalue weighted by atomic mass is 31.2. The van der Waals surface area contributed by atoms with Gasteiger partial charge in [0, 0.05) is 12.8 Å². The summed E-state index contributed by atoms with van der Waals surface area (Å²) in [5.41, 5.74) is 0. The standard InChI is InChI=1S/C45H82NO8P/c1-6-8-10-12-14-16-18-20-22-23-24-26-28-30-32-34-36-38-45(48)54-43(42-53-55(49,50)52-40-39-46(3,4)5)41-51-44(47)37-35-33-31-29-27-25-21-19-17-15-13-11-9-7-2/h8,10,14,16,20,22,24,26,43H,6-7,9,11-13,15,17-19,21,23,25,27-42H2,1-5H3/p+1/b10-8-,16-14-,22-20-,26-24-. The first-order valence-corrected chi connectivity index (χ1v) is 23.4. The van der Waals surface area contributed by atoms with Crippen LogP contribution < -0.4 is 0 Å². The molecule has 0 saturated heterocycles. The molecule has 0 aromatic heterocycles. The molecule has 0 aromatic rings. The van der Waals surface area contributed by atoms with Gasteiger partial charge in [-0.25, -0.2) is 4.57 Å². The molecule has 0 bridgehead atoms. The third kappa shape index (κ3) is 41.4. The van der Waals surface area contributed by atoms with Gasteiger partial charge < -0.3 is 18.9 Å². The molecule has 0 rings (SSSR count). The molecule has 0 heterocycles. The molecule has 320 valence electrons. The van der Waals surface area contributed by atoms with Crippen molar-refractivity contribution in [3.63, 3.8) is 0 Å². The first kappa shape index (κ1) is 53.0. The second-order valence-electron chi connectivity index (χ2n) is 15.7. The van der Waals surface area contributed by atoms with Gasteiger partial charge in [-0.2, -0.15) is 0 Å². The van der Waals surface area contributed by atoms with E-state index in [1.165, 1.54) is 70.6 Å². The molecule has 0 saturated carbocycles. The van der Waals surface area contributed by atoms with Crippen molar-refractivity contribution in [3.05, 3.63) is 48.6 Å². The lowest BCUT2D eigenvalue weighted by Gasteiger charge is -2.24. The van der Waals surface area contributed by atoms with E-state index in [2.05, 4.69) is 62.5 Å². The predicted octanol–water partition coefficient (Wildman–Crippen LogP) is 12.3. The maximum atomic E-state index is 12.7. The van der Waals surface area contributed by atoms with Crippen LogP contribution in [-0.2, 0) is 32.7 Å². The summed E-state index contributed by atoms with van der Waals surface area (Å²) in [5, 5.41) is 0. The van der Waals surface area contributed by atoms with Crippen LogP contribution in [0, 0.1) is 0 Å². The number of phosphoric ester groups is 1. The molecule has 10 heteroatoms. The van der Waals surface area contributed by atoms with E-state index < -0.39 is 26.5 Å². The fraction of sp³-hybridized carbons (Fsp3) is 0.778. The minimum atomic E-state index is -4.38. The van der Waals surface area contributed by atoms with Gasteiger partial charge in [0.05, 0.1) is 27.7 Å². The first-order valence-electron chi connectivity index (χ1n) is 21.9. The van der Waals surface area contributed by atoms with Gasteiger partial charge in [-0.1, -0.05) is 159 Å². The molecule has 1 N–H and O–H groups in total. The number of hydrogen-bond acceptors (Lipinski definition) is 7. The normalized spacial score (nSPS) is 14.1. The average Bonchev–Trinajstić information content (AvgIpc) is 3.13. The molecule has 0 aromatic carbocycles. The van der Waals surface area contributed by atoms with Crippen LogP contribution >= 0.6 is 7.82 Å². The third-order valence-electron chi connectivity index (χ3n) is 9.12. The number of carbonyl (C=O) groups excluding carboxylic acids is 2. The van der Waals surface area contributed by atoms with Crippen LogP contribution in [0.4, 0.5) is 0 Å². The first-order chi connectivity index (χ1) is 26.5. The van der Waals surface area contributed by atoms with Crippen molar-refractivity contribution in [2.75, 3.05) is 47.5 Å². The van der Waals surface area contributed by atoms with Gasteiger partial charge in [-0.15, -0.1) is 0 Å². The summed E-state index contributed by atoms with van der Waals surface area (Å²) in [4.78, 5) is 35.3. The molecule has 0 fully saturated rings. The fourth-order valence-corrected chi connectivity index (χ4v) is 6.45. The number of allylic oxidation sites excluding steroid dienone is 8. The van der Waals surface area contributed by atoms with Crippen LogP contribution in [-0.4, -0.2) is 74.9 Å². The zero-order valence-electron chi connectivity index (χ0n) is 35.9.